The van der Waals surface area contributed by atoms with E-state index in [2.05, 4.69) is 0 Å². The number of nitrogens with zero attached hydrogens (tertiary/aromatic N) is 1. The van der Waals surface area contributed by atoms with Crippen LogP contribution in [0.5, 0.6) is 5.75 Å². The average Bonchev–Trinajstić information content (AvgIpc) is 2.54. The lowest BCUT2D eigenvalue weighted by atomic mass is 10.1. The Hall–Kier alpha value is -2.65. The zero-order valence-electron chi connectivity index (χ0n) is 12.4. The third kappa shape index (κ3) is 3.10. The van der Waals surface area contributed by atoms with E-state index in [1.54, 1.807) is 12.7 Å². The Morgan fingerprint density at radius 2 is 1.61 bits per heavy atom. The predicted molar refractivity (Wildman–Crippen MR) is 90.8 cm³/mol. The highest BCUT2D eigenvalue weighted by molar-refractivity contribution is 7.67. The highest BCUT2D eigenvalue weighted by Gasteiger charge is 2.23. The number of nitro groups is 1. The number of nitro benzene ring substituents is 1. The molecule has 1 atom stereocenters. The molecule has 0 spiro atoms. The van der Waals surface area contributed by atoms with Gasteiger partial charge in [0.15, 0.2) is 0 Å². The number of benzene rings is 3. The van der Waals surface area contributed by atoms with E-state index >= 15 is 0 Å². The highest BCUT2D eigenvalue weighted by Crippen LogP contribution is 2.44. The summed E-state index contributed by atoms with van der Waals surface area (Å²) in [6.45, 7) is 1.55. The van der Waals surface area contributed by atoms with E-state index in [0.29, 0.717) is 11.1 Å². The van der Waals surface area contributed by atoms with E-state index in [9.17, 15) is 14.7 Å². The molecule has 0 fully saturated rings. The van der Waals surface area contributed by atoms with Crippen LogP contribution in [0.15, 0.2) is 66.7 Å². The average molecular weight is 327 g/mol. The number of hydrogen-bond acceptors (Lipinski definition) is 4. The van der Waals surface area contributed by atoms with Gasteiger partial charge in [0.1, 0.15) is 5.75 Å². The molecule has 6 heteroatoms. The summed E-state index contributed by atoms with van der Waals surface area (Å²) in [4.78, 5) is 10.2. The summed E-state index contributed by atoms with van der Waals surface area (Å²) in [6, 6.07) is 18.8. The topological polar surface area (TPSA) is 69.4 Å². The first-order valence-electron chi connectivity index (χ1n) is 6.97. The third-order valence-electron chi connectivity index (χ3n) is 3.53. The van der Waals surface area contributed by atoms with Crippen LogP contribution in [0.3, 0.4) is 0 Å². The van der Waals surface area contributed by atoms with E-state index < -0.39 is 12.3 Å². The first kappa shape index (κ1) is 15.3. The summed E-state index contributed by atoms with van der Waals surface area (Å²) in [5.74, 6) is 0.342. The quantitative estimate of drug-likeness (QED) is 0.405. The standard InChI is InChI=1S/C17H14NO4P/c1-23(21,22-15-11-9-14(10-12-15)18(19)20)17-8-4-6-13-5-2-3-7-16(13)17/h2-12H,1H3. The fourth-order valence-corrected chi connectivity index (χ4v) is 4.06. The summed E-state index contributed by atoms with van der Waals surface area (Å²) < 4.78 is 18.7. The summed E-state index contributed by atoms with van der Waals surface area (Å²) in [5.41, 5.74) is -0.0338. The van der Waals surface area contributed by atoms with Crippen molar-refractivity contribution in [1.82, 2.24) is 0 Å². The molecule has 1 unspecified atom stereocenters. The predicted octanol–water partition coefficient (Wildman–Crippen LogP) is 4.36. The van der Waals surface area contributed by atoms with Crippen molar-refractivity contribution in [2.24, 2.45) is 0 Å². The van der Waals surface area contributed by atoms with Crippen molar-refractivity contribution in [3.05, 3.63) is 76.8 Å². The zero-order valence-corrected chi connectivity index (χ0v) is 13.3. The fourth-order valence-electron chi connectivity index (χ4n) is 2.44. The molecule has 0 aliphatic rings. The van der Waals surface area contributed by atoms with Gasteiger partial charge in [0.2, 0.25) is 0 Å². The molecule has 3 aromatic carbocycles. The molecule has 0 amide bonds. The number of hydrogen-bond donors (Lipinski definition) is 0. The Balaban J connectivity index is 1.97. The lowest BCUT2D eigenvalue weighted by Gasteiger charge is -2.17. The summed E-state index contributed by atoms with van der Waals surface area (Å²) in [6.07, 6.45) is 0. The SMILES string of the molecule is CP(=O)(Oc1ccc([N+](=O)[O-])cc1)c1cccc2ccccc12. The van der Waals surface area contributed by atoms with Crippen molar-refractivity contribution < 1.29 is 14.0 Å². The Morgan fingerprint density at radius 3 is 2.30 bits per heavy atom. The van der Waals surface area contributed by atoms with E-state index in [1.165, 1.54) is 24.3 Å². The first-order chi connectivity index (χ1) is 11.0. The van der Waals surface area contributed by atoms with Gasteiger partial charge in [-0.25, -0.2) is 0 Å². The first-order valence-corrected chi connectivity index (χ1v) is 9.04. The monoisotopic (exact) mass is 327 g/mol. The van der Waals surface area contributed by atoms with Crippen LogP contribution in [-0.2, 0) is 4.57 Å². The van der Waals surface area contributed by atoms with Crippen molar-refractivity contribution in [1.29, 1.82) is 0 Å². The molecular formula is C17H14NO4P. The van der Waals surface area contributed by atoms with Crippen molar-refractivity contribution in [2.75, 3.05) is 6.66 Å². The summed E-state index contributed by atoms with van der Waals surface area (Å²) in [7, 11) is -3.12. The zero-order chi connectivity index (χ0) is 16.4. The van der Waals surface area contributed by atoms with E-state index in [1.807, 2.05) is 36.4 Å². The molecular weight excluding hydrogens is 313 g/mol. The molecule has 0 heterocycles. The van der Waals surface area contributed by atoms with Gasteiger partial charge in [-0.3, -0.25) is 14.7 Å². The molecule has 3 rings (SSSR count). The van der Waals surface area contributed by atoms with E-state index in [-0.39, 0.29) is 5.69 Å². The summed E-state index contributed by atoms with van der Waals surface area (Å²) in [5, 5.41) is 13.2. The normalized spacial score (nSPS) is 13.4. The molecule has 3 aromatic rings. The second kappa shape index (κ2) is 5.86. The van der Waals surface area contributed by atoms with Crippen LogP contribution in [0, 0.1) is 10.1 Å². The number of non-ortho nitro benzene ring substituents is 1. The van der Waals surface area contributed by atoms with E-state index in [0.717, 1.165) is 10.8 Å². The number of rotatable bonds is 4. The molecule has 0 N–H and O–H groups in total. The van der Waals surface area contributed by atoms with Gasteiger partial charge in [-0.1, -0.05) is 36.4 Å². The Bertz CT molecular complexity index is 916. The maximum absolute atomic E-state index is 13.1. The van der Waals surface area contributed by atoms with Crippen molar-refractivity contribution in [2.45, 2.75) is 0 Å². The van der Waals surface area contributed by atoms with Crippen molar-refractivity contribution >= 4 is 29.1 Å². The molecule has 0 aromatic heterocycles. The largest absolute Gasteiger partial charge is 0.440 e. The van der Waals surface area contributed by atoms with Gasteiger partial charge in [-0.2, -0.15) is 0 Å². The maximum Gasteiger partial charge on any atom is 0.274 e. The van der Waals surface area contributed by atoms with Gasteiger partial charge in [-0.15, -0.1) is 0 Å². The minimum atomic E-state index is -3.12. The molecule has 23 heavy (non-hydrogen) atoms. The molecule has 0 bridgehead atoms. The van der Waals surface area contributed by atoms with Crippen LogP contribution in [0.2, 0.25) is 0 Å². The maximum atomic E-state index is 13.1. The van der Waals surface area contributed by atoms with Crippen LogP contribution < -0.4 is 9.83 Å². The van der Waals surface area contributed by atoms with Gasteiger partial charge < -0.3 is 4.52 Å². The van der Waals surface area contributed by atoms with Crippen LogP contribution in [0.25, 0.3) is 10.8 Å². The van der Waals surface area contributed by atoms with Crippen LogP contribution >= 0.6 is 7.37 Å². The minimum absolute atomic E-state index is 0.0338. The van der Waals surface area contributed by atoms with Crippen LogP contribution in [-0.4, -0.2) is 11.6 Å². The minimum Gasteiger partial charge on any atom is -0.440 e. The molecule has 0 saturated carbocycles. The highest BCUT2D eigenvalue weighted by atomic mass is 31.2. The molecule has 0 aliphatic carbocycles. The third-order valence-corrected chi connectivity index (χ3v) is 5.36. The molecule has 0 radical (unpaired) electrons. The smallest absolute Gasteiger partial charge is 0.274 e. The van der Waals surface area contributed by atoms with Crippen molar-refractivity contribution in [3.8, 4) is 5.75 Å². The lowest BCUT2D eigenvalue weighted by Crippen LogP contribution is -2.09. The molecule has 116 valence electrons. The second-order valence-corrected chi connectivity index (χ2v) is 7.54. The Labute approximate surface area is 133 Å². The second-order valence-electron chi connectivity index (χ2n) is 5.19. The van der Waals surface area contributed by atoms with Gasteiger partial charge >= 0.3 is 0 Å². The Kier molecular flexibility index (Phi) is 3.89. The lowest BCUT2D eigenvalue weighted by molar-refractivity contribution is -0.384. The Morgan fingerprint density at radius 1 is 0.957 bits per heavy atom. The van der Waals surface area contributed by atoms with Gasteiger partial charge in [-0.05, 0) is 29.0 Å². The van der Waals surface area contributed by atoms with Crippen LogP contribution in [0.1, 0.15) is 0 Å². The summed E-state index contributed by atoms with van der Waals surface area (Å²) >= 11 is 0. The number of fused-ring (bicyclic) bond motifs is 1. The molecule has 5 nitrogen and oxygen atoms in total. The van der Waals surface area contributed by atoms with Crippen molar-refractivity contribution in [3.63, 3.8) is 0 Å². The van der Waals surface area contributed by atoms with E-state index in [4.69, 9.17) is 4.52 Å². The van der Waals surface area contributed by atoms with Gasteiger partial charge in [0.05, 0.1) is 10.2 Å². The van der Waals surface area contributed by atoms with Crippen LogP contribution in [0.4, 0.5) is 5.69 Å². The fraction of sp³-hybridized carbons (Fsp3) is 0.0588. The molecule has 0 saturated heterocycles. The van der Waals surface area contributed by atoms with Gasteiger partial charge in [0, 0.05) is 18.8 Å². The molecule has 0 aliphatic heterocycles. The van der Waals surface area contributed by atoms with Gasteiger partial charge in [0.25, 0.3) is 13.1 Å².